The Morgan fingerprint density at radius 1 is 1.16 bits per heavy atom. The highest BCUT2D eigenvalue weighted by molar-refractivity contribution is 5.95. The van der Waals surface area contributed by atoms with Gasteiger partial charge in [-0.3, -0.25) is 4.79 Å². The Morgan fingerprint density at radius 2 is 1.89 bits per heavy atom. The molecule has 0 aromatic heterocycles. The maximum atomic E-state index is 12.3. The number of rotatable bonds is 3. The summed E-state index contributed by atoms with van der Waals surface area (Å²) in [6.07, 6.45) is 0.357. The number of nitrogen functional groups attached to an aromatic ring is 1. The molecule has 98 valence electrons. The third-order valence-electron chi connectivity index (χ3n) is 3.16. The van der Waals surface area contributed by atoms with Crippen LogP contribution in [0.2, 0.25) is 0 Å². The number of hydrogen-bond acceptors (Lipinski definition) is 2. The smallest absolute Gasteiger partial charge is 0.231 e. The first-order valence-corrected chi connectivity index (χ1v) is 6.24. The number of carbonyl (C=O) groups is 1. The molecule has 2 aromatic carbocycles. The van der Waals surface area contributed by atoms with Gasteiger partial charge in [0.15, 0.2) is 0 Å². The number of para-hydroxylation sites is 1. The van der Waals surface area contributed by atoms with Crippen molar-refractivity contribution in [3.05, 3.63) is 59.7 Å². The minimum absolute atomic E-state index is 0.0555. The van der Waals surface area contributed by atoms with Gasteiger partial charge in [-0.05, 0) is 36.2 Å². The number of nitrogens with two attached hydrogens (primary N) is 1. The molecule has 3 heteroatoms. The first-order valence-electron chi connectivity index (χ1n) is 6.24. The van der Waals surface area contributed by atoms with Crippen LogP contribution >= 0.6 is 0 Å². The molecule has 19 heavy (non-hydrogen) atoms. The van der Waals surface area contributed by atoms with Crippen molar-refractivity contribution >= 4 is 17.3 Å². The molecule has 0 atom stereocenters. The van der Waals surface area contributed by atoms with E-state index in [1.54, 1.807) is 11.9 Å². The van der Waals surface area contributed by atoms with Crippen LogP contribution in [0.15, 0.2) is 48.5 Å². The lowest BCUT2D eigenvalue weighted by molar-refractivity contribution is -0.117. The van der Waals surface area contributed by atoms with Gasteiger partial charge in [0.1, 0.15) is 0 Å². The van der Waals surface area contributed by atoms with E-state index in [9.17, 15) is 4.79 Å². The Hall–Kier alpha value is -2.29. The summed E-state index contributed by atoms with van der Waals surface area (Å²) in [7, 11) is 1.80. The quantitative estimate of drug-likeness (QED) is 0.856. The molecule has 3 nitrogen and oxygen atoms in total. The summed E-state index contributed by atoms with van der Waals surface area (Å²) >= 11 is 0. The summed E-state index contributed by atoms with van der Waals surface area (Å²) in [5.41, 5.74) is 9.37. The Kier molecular flexibility index (Phi) is 3.85. The minimum atomic E-state index is 0.0555. The Labute approximate surface area is 113 Å². The lowest BCUT2D eigenvalue weighted by Gasteiger charge is -2.19. The number of amides is 1. The van der Waals surface area contributed by atoms with Gasteiger partial charge in [0.2, 0.25) is 5.91 Å². The second kappa shape index (κ2) is 5.57. The van der Waals surface area contributed by atoms with Gasteiger partial charge in [0, 0.05) is 18.4 Å². The molecule has 0 aliphatic heterocycles. The van der Waals surface area contributed by atoms with Crippen LogP contribution in [-0.4, -0.2) is 13.0 Å². The summed E-state index contributed by atoms with van der Waals surface area (Å²) in [6.45, 7) is 2.00. The van der Waals surface area contributed by atoms with Crippen molar-refractivity contribution in [2.24, 2.45) is 0 Å². The topological polar surface area (TPSA) is 46.3 Å². The molecule has 0 unspecified atom stereocenters. The molecule has 0 heterocycles. The summed E-state index contributed by atoms with van der Waals surface area (Å²) < 4.78 is 0. The summed E-state index contributed by atoms with van der Waals surface area (Å²) in [5, 5.41) is 0. The number of anilines is 2. The fourth-order valence-electron chi connectivity index (χ4n) is 2.07. The van der Waals surface area contributed by atoms with Gasteiger partial charge in [-0.2, -0.15) is 0 Å². The van der Waals surface area contributed by atoms with E-state index in [4.69, 9.17) is 5.73 Å². The van der Waals surface area contributed by atoms with Crippen LogP contribution in [0.25, 0.3) is 0 Å². The molecule has 2 rings (SSSR count). The average molecular weight is 254 g/mol. The Bertz CT molecular complexity index is 593. The normalized spacial score (nSPS) is 10.2. The first-order chi connectivity index (χ1) is 9.08. The molecule has 0 saturated carbocycles. The van der Waals surface area contributed by atoms with Crippen molar-refractivity contribution in [1.82, 2.24) is 0 Å². The number of benzene rings is 2. The highest BCUT2D eigenvalue weighted by atomic mass is 16.2. The molecule has 0 radical (unpaired) electrons. The molecular weight excluding hydrogens is 236 g/mol. The zero-order valence-electron chi connectivity index (χ0n) is 11.3. The predicted octanol–water partition coefficient (Wildman–Crippen LogP) is 2.78. The van der Waals surface area contributed by atoms with Crippen molar-refractivity contribution in [3.63, 3.8) is 0 Å². The van der Waals surface area contributed by atoms with Gasteiger partial charge < -0.3 is 10.6 Å². The largest absolute Gasteiger partial charge is 0.399 e. The van der Waals surface area contributed by atoms with E-state index in [1.807, 2.05) is 55.5 Å². The summed E-state index contributed by atoms with van der Waals surface area (Å²) in [4.78, 5) is 14.0. The number of aryl methyl sites for hydroxylation is 1. The van der Waals surface area contributed by atoms with Crippen LogP contribution in [0, 0.1) is 6.92 Å². The Balaban J connectivity index is 2.14. The van der Waals surface area contributed by atoms with Crippen LogP contribution < -0.4 is 10.6 Å². The molecule has 0 spiro atoms. The van der Waals surface area contributed by atoms with Gasteiger partial charge >= 0.3 is 0 Å². The van der Waals surface area contributed by atoms with E-state index in [0.717, 1.165) is 16.8 Å². The van der Waals surface area contributed by atoms with E-state index >= 15 is 0 Å². The molecule has 0 aliphatic rings. The second-order valence-electron chi connectivity index (χ2n) is 4.66. The lowest BCUT2D eigenvalue weighted by Crippen LogP contribution is -2.28. The zero-order chi connectivity index (χ0) is 13.8. The molecule has 2 N–H and O–H groups in total. The number of likely N-dealkylation sites (N-methyl/N-ethyl adjacent to an activating group) is 1. The number of nitrogens with zero attached hydrogens (tertiary/aromatic N) is 1. The van der Waals surface area contributed by atoms with Crippen LogP contribution in [0.5, 0.6) is 0 Å². The maximum Gasteiger partial charge on any atom is 0.231 e. The third kappa shape index (κ3) is 3.13. The zero-order valence-corrected chi connectivity index (χ0v) is 11.3. The van der Waals surface area contributed by atoms with Gasteiger partial charge in [-0.25, -0.2) is 0 Å². The molecule has 0 aliphatic carbocycles. The SMILES string of the molecule is Cc1ccccc1N(C)C(=O)Cc1cccc(N)c1. The standard InChI is InChI=1S/C16H18N2O/c1-12-6-3-4-9-15(12)18(2)16(19)11-13-7-5-8-14(17)10-13/h3-10H,11,17H2,1-2H3. The van der Waals surface area contributed by atoms with Crippen molar-refractivity contribution in [3.8, 4) is 0 Å². The van der Waals surface area contributed by atoms with Crippen LogP contribution in [0.3, 0.4) is 0 Å². The molecule has 0 bridgehead atoms. The second-order valence-corrected chi connectivity index (χ2v) is 4.66. The van der Waals surface area contributed by atoms with Gasteiger partial charge in [-0.15, -0.1) is 0 Å². The number of carbonyl (C=O) groups excluding carboxylic acids is 1. The van der Waals surface area contributed by atoms with E-state index in [1.165, 1.54) is 0 Å². The third-order valence-corrected chi connectivity index (χ3v) is 3.16. The highest BCUT2D eigenvalue weighted by Crippen LogP contribution is 2.19. The van der Waals surface area contributed by atoms with Crippen LogP contribution in [0.4, 0.5) is 11.4 Å². The van der Waals surface area contributed by atoms with Crippen molar-refractivity contribution in [2.75, 3.05) is 17.7 Å². The van der Waals surface area contributed by atoms with Crippen LogP contribution in [0.1, 0.15) is 11.1 Å². The van der Waals surface area contributed by atoms with Gasteiger partial charge in [0.05, 0.1) is 6.42 Å². The molecule has 0 saturated heterocycles. The lowest BCUT2D eigenvalue weighted by atomic mass is 10.1. The van der Waals surface area contributed by atoms with Crippen molar-refractivity contribution < 1.29 is 4.79 Å². The van der Waals surface area contributed by atoms with Crippen molar-refractivity contribution in [1.29, 1.82) is 0 Å². The highest BCUT2D eigenvalue weighted by Gasteiger charge is 2.13. The number of hydrogen-bond donors (Lipinski definition) is 1. The summed E-state index contributed by atoms with van der Waals surface area (Å²) in [6, 6.07) is 15.3. The molecule has 1 amide bonds. The molecular formula is C16H18N2O. The van der Waals surface area contributed by atoms with E-state index in [0.29, 0.717) is 12.1 Å². The first kappa shape index (κ1) is 13.1. The molecule has 2 aromatic rings. The summed E-state index contributed by atoms with van der Waals surface area (Å²) in [5.74, 6) is 0.0555. The Morgan fingerprint density at radius 3 is 2.58 bits per heavy atom. The predicted molar refractivity (Wildman–Crippen MR) is 79.1 cm³/mol. The average Bonchev–Trinajstić information content (AvgIpc) is 2.38. The monoisotopic (exact) mass is 254 g/mol. The van der Waals surface area contributed by atoms with E-state index in [-0.39, 0.29) is 5.91 Å². The van der Waals surface area contributed by atoms with Crippen molar-refractivity contribution in [2.45, 2.75) is 13.3 Å². The maximum absolute atomic E-state index is 12.3. The molecule has 0 fully saturated rings. The van der Waals surface area contributed by atoms with Gasteiger partial charge in [-0.1, -0.05) is 30.3 Å². The minimum Gasteiger partial charge on any atom is -0.399 e. The van der Waals surface area contributed by atoms with E-state index < -0.39 is 0 Å². The van der Waals surface area contributed by atoms with Crippen LogP contribution in [-0.2, 0) is 11.2 Å². The van der Waals surface area contributed by atoms with E-state index in [2.05, 4.69) is 0 Å². The van der Waals surface area contributed by atoms with Gasteiger partial charge in [0.25, 0.3) is 0 Å². The fourth-order valence-corrected chi connectivity index (χ4v) is 2.07. The fraction of sp³-hybridized carbons (Fsp3) is 0.188.